The predicted molar refractivity (Wildman–Crippen MR) is 120 cm³/mol. The summed E-state index contributed by atoms with van der Waals surface area (Å²) < 4.78 is 10.8. The molecule has 0 aromatic heterocycles. The molecule has 31 heavy (non-hydrogen) atoms. The fraction of sp³-hybridized carbons (Fsp3) is 0.440. The summed E-state index contributed by atoms with van der Waals surface area (Å²) in [6, 6.07) is 20.5. The molecule has 166 valence electrons. The zero-order valence-electron chi connectivity index (χ0n) is 18.1. The smallest absolute Gasteiger partial charge is 0.366 e. The molecule has 0 saturated carbocycles. The second-order valence-electron chi connectivity index (χ2n) is 7.36. The molecule has 2 rings (SSSR count). The fourth-order valence-corrected chi connectivity index (χ4v) is 3.49. The lowest BCUT2D eigenvalue weighted by atomic mass is 9.72. The van der Waals surface area contributed by atoms with Gasteiger partial charge in [0, 0.05) is 13.0 Å². The first-order chi connectivity index (χ1) is 15.2. The van der Waals surface area contributed by atoms with Gasteiger partial charge in [0.1, 0.15) is 19.0 Å². The zero-order valence-corrected chi connectivity index (χ0v) is 18.1. The minimum absolute atomic E-state index is 0.0817. The normalized spacial score (nSPS) is 12.3. The molecule has 1 atom stereocenters. The van der Waals surface area contributed by atoms with E-state index in [4.69, 9.17) is 14.6 Å². The molecule has 0 heterocycles. The van der Waals surface area contributed by atoms with Gasteiger partial charge in [0.2, 0.25) is 5.01 Å². The van der Waals surface area contributed by atoms with Gasteiger partial charge in [-0.3, -0.25) is 4.79 Å². The maximum atomic E-state index is 11.6. The topological polar surface area (TPSA) is 80.3 Å². The third-order valence-corrected chi connectivity index (χ3v) is 5.16. The summed E-state index contributed by atoms with van der Waals surface area (Å²) in [5.41, 5.74) is 1.34. The second kappa shape index (κ2) is 13.3. The van der Waals surface area contributed by atoms with Gasteiger partial charge in [-0.05, 0) is 42.5 Å². The van der Waals surface area contributed by atoms with Crippen LogP contribution in [0.2, 0.25) is 0 Å². The van der Waals surface area contributed by atoms with Crippen molar-refractivity contribution in [2.75, 3.05) is 19.8 Å². The van der Waals surface area contributed by atoms with Crippen LogP contribution in [0.1, 0.15) is 56.6 Å². The van der Waals surface area contributed by atoms with E-state index in [0.717, 1.165) is 30.4 Å². The van der Waals surface area contributed by atoms with E-state index >= 15 is 0 Å². The maximum absolute atomic E-state index is 11.6. The Bertz CT molecular complexity index is 842. The van der Waals surface area contributed by atoms with Gasteiger partial charge in [-0.25, -0.2) is 0 Å². The van der Waals surface area contributed by atoms with Crippen LogP contribution in [0.25, 0.3) is 5.01 Å². The number of aliphatic hydroxyl groups is 1. The number of hydrogen-bond acceptors (Lipinski definition) is 5. The first-order valence-corrected chi connectivity index (χ1v) is 10.8. The molecule has 6 nitrogen and oxygen atoms in total. The minimum Gasteiger partial charge on any atom is -0.490 e. The lowest BCUT2D eigenvalue weighted by molar-refractivity contribution is -0.144. The molecular weight excluding hydrogens is 394 g/mol. The first kappa shape index (κ1) is 24.2. The molecule has 0 amide bonds. The number of ether oxygens (including phenoxy) is 2. The van der Waals surface area contributed by atoms with Gasteiger partial charge < -0.3 is 14.6 Å². The van der Waals surface area contributed by atoms with Crippen molar-refractivity contribution < 1.29 is 24.6 Å². The van der Waals surface area contributed by atoms with Crippen molar-refractivity contribution in [3.63, 3.8) is 0 Å². The Morgan fingerprint density at radius 3 is 2.35 bits per heavy atom. The lowest BCUT2D eigenvalue weighted by Gasteiger charge is -2.24. The van der Waals surface area contributed by atoms with Crippen LogP contribution in [0.5, 0.6) is 5.75 Å². The summed E-state index contributed by atoms with van der Waals surface area (Å²) in [4.78, 5) is 11.6. The van der Waals surface area contributed by atoms with Crippen molar-refractivity contribution in [1.82, 2.24) is 0 Å². The SMILES string of the molecule is CCCCC(C#[N+]O)(c1ccccc1)c1ccc(OCCOC(=O)CCCCO)cc1. The quantitative estimate of drug-likeness (QED) is 0.269. The van der Waals surface area contributed by atoms with Crippen molar-refractivity contribution in [3.05, 3.63) is 70.7 Å². The molecule has 0 aliphatic rings. The lowest BCUT2D eigenvalue weighted by Crippen LogP contribution is -2.26. The van der Waals surface area contributed by atoms with Crippen LogP contribution in [0.4, 0.5) is 0 Å². The summed E-state index contributed by atoms with van der Waals surface area (Å²) >= 11 is 0. The van der Waals surface area contributed by atoms with Crippen LogP contribution in [-0.4, -0.2) is 36.1 Å². The third kappa shape index (κ3) is 7.30. The number of esters is 1. The highest BCUT2D eigenvalue weighted by atomic mass is 16.6. The summed E-state index contributed by atoms with van der Waals surface area (Å²) in [5, 5.41) is 21.4. The predicted octanol–water partition coefficient (Wildman–Crippen LogP) is 4.97. The van der Waals surface area contributed by atoms with E-state index in [1.807, 2.05) is 54.6 Å². The van der Waals surface area contributed by atoms with Crippen molar-refractivity contribution in [1.29, 1.82) is 0 Å². The number of carbonyl (C=O) groups excluding carboxylic acids is 1. The van der Waals surface area contributed by atoms with Crippen LogP contribution in [0.3, 0.4) is 0 Å². The van der Waals surface area contributed by atoms with E-state index in [1.165, 1.54) is 0 Å². The number of unbranched alkanes of at least 4 members (excludes halogenated alkanes) is 2. The highest BCUT2D eigenvalue weighted by Gasteiger charge is 2.39. The largest absolute Gasteiger partial charge is 0.490 e. The second-order valence-corrected chi connectivity index (χ2v) is 7.36. The molecular formula is C25H32NO5+. The Kier molecular flexibility index (Phi) is 10.4. The molecule has 2 aromatic rings. The standard InChI is InChI=1S/C25H31NO5/c1-2-3-16-25(20-26-29,21-9-5-4-6-10-21)22-12-14-23(15-13-22)30-18-19-31-24(28)11-7-8-17-27/h4-6,9-10,12-15,27H,2-3,7-8,11,16-19H2,1H3/p+1. The average molecular weight is 427 g/mol. The number of aliphatic hydroxyl groups excluding tert-OH is 1. The Hall–Kier alpha value is -3.04. The molecule has 2 aromatic carbocycles. The molecule has 0 spiro atoms. The average Bonchev–Trinajstić information content (AvgIpc) is 2.81. The van der Waals surface area contributed by atoms with Crippen LogP contribution < -0.4 is 4.74 Å². The van der Waals surface area contributed by atoms with Gasteiger partial charge in [0.05, 0.1) is 0 Å². The van der Waals surface area contributed by atoms with Crippen molar-refractivity contribution >= 4 is 5.97 Å². The van der Waals surface area contributed by atoms with Gasteiger partial charge >= 0.3 is 12.0 Å². The first-order valence-electron chi connectivity index (χ1n) is 10.8. The van der Waals surface area contributed by atoms with E-state index in [0.29, 0.717) is 25.0 Å². The van der Waals surface area contributed by atoms with Crippen molar-refractivity contribution in [2.45, 2.75) is 50.9 Å². The Balaban J connectivity index is 2.04. The van der Waals surface area contributed by atoms with E-state index in [-0.39, 0.29) is 25.8 Å². The van der Waals surface area contributed by atoms with Gasteiger partial charge in [-0.15, -0.1) is 0 Å². The Morgan fingerprint density at radius 2 is 1.71 bits per heavy atom. The van der Waals surface area contributed by atoms with Gasteiger partial charge in [0.15, 0.2) is 5.41 Å². The summed E-state index contributed by atoms with van der Waals surface area (Å²) in [6.07, 6.45) is 4.26. The van der Waals surface area contributed by atoms with Crippen LogP contribution >= 0.6 is 0 Å². The van der Waals surface area contributed by atoms with Crippen LogP contribution in [-0.2, 0) is 14.9 Å². The number of hydrogen-bond donors (Lipinski definition) is 2. The zero-order chi connectivity index (χ0) is 22.4. The van der Waals surface area contributed by atoms with E-state index in [9.17, 15) is 10.0 Å². The molecule has 0 radical (unpaired) electrons. The van der Waals surface area contributed by atoms with Gasteiger partial charge in [0.25, 0.3) is 0 Å². The molecule has 2 N–H and O–H groups in total. The molecule has 0 aliphatic carbocycles. The minimum atomic E-state index is -0.644. The summed E-state index contributed by atoms with van der Waals surface area (Å²) in [6.45, 7) is 2.64. The monoisotopic (exact) mass is 426 g/mol. The van der Waals surface area contributed by atoms with Gasteiger partial charge in [-0.1, -0.05) is 62.2 Å². The number of carbonyl (C=O) groups is 1. The Labute approximate surface area is 184 Å². The number of benzene rings is 2. The van der Waals surface area contributed by atoms with Crippen molar-refractivity contribution in [3.8, 4) is 11.8 Å². The third-order valence-electron chi connectivity index (χ3n) is 5.16. The molecule has 0 saturated heterocycles. The van der Waals surface area contributed by atoms with Crippen LogP contribution in [0, 0.1) is 6.07 Å². The number of rotatable bonds is 13. The van der Waals surface area contributed by atoms with Crippen molar-refractivity contribution in [2.24, 2.45) is 0 Å². The fourth-order valence-electron chi connectivity index (χ4n) is 3.49. The highest BCUT2D eigenvalue weighted by Crippen LogP contribution is 2.37. The summed E-state index contributed by atoms with van der Waals surface area (Å²) in [7, 11) is 0. The molecule has 0 bridgehead atoms. The van der Waals surface area contributed by atoms with E-state index in [1.54, 1.807) is 0 Å². The molecule has 6 heteroatoms. The molecule has 0 aliphatic heterocycles. The number of nitrogens with zero attached hydrogens (tertiary/aromatic N) is 1. The maximum Gasteiger partial charge on any atom is 0.366 e. The Morgan fingerprint density at radius 1 is 1.00 bits per heavy atom. The highest BCUT2D eigenvalue weighted by molar-refractivity contribution is 5.69. The van der Waals surface area contributed by atoms with E-state index < -0.39 is 5.41 Å². The van der Waals surface area contributed by atoms with Crippen LogP contribution in [0.15, 0.2) is 54.6 Å². The van der Waals surface area contributed by atoms with E-state index in [2.05, 4.69) is 18.0 Å². The molecule has 1 unspecified atom stereocenters. The summed E-state index contributed by atoms with van der Waals surface area (Å²) in [5.74, 6) is 0.383. The molecule has 0 fully saturated rings. The van der Waals surface area contributed by atoms with Gasteiger partial charge in [-0.2, -0.15) is 5.21 Å².